The predicted octanol–water partition coefficient (Wildman–Crippen LogP) is 1.94. The molecule has 0 aromatic rings. The maximum atomic E-state index is 2.49. The molecule has 1 unspecified atom stereocenters. The Morgan fingerprint density at radius 1 is 1.40 bits per heavy atom. The molecule has 0 saturated heterocycles. The van der Waals surface area contributed by atoms with Crippen LogP contribution < -0.4 is 0 Å². The van der Waals surface area contributed by atoms with Gasteiger partial charge in [-0.2, -0.15) is 0 Å². The molecule has 1 aliphatic rings. The predicted molar refractivity (Wildman–Crippen MR) is 44.8 cm³/mol. The van der Waals surface area contributed by atoms with Gasteiger partial charge in [0, 0.05) is 6.54 Å². The minimum Gasteiger partial charge on any atom is -0.309 e. The zero-order valence-corrected chi connectivity index (χ0v) is 7.14. The lowest BCUT2D eigenvalue weighted by molar-refractivity contribution is 0.310. The van der Waals surface area contributed by atoms with Gasteiger partial charge in [0.25, 0.3) is 0 Å². The lowest BCUT2D eigenvalue weighted by Gasteiger charge is -2.24. The standard InChI is InChI=1S/C9H18N/c1-10(2)8-9-6-4-3-5-7-9/h6,9H,3-5,7-8H2,1-2H3. The highest BCUT2D eigenvalue weighted by Crippen LogP contribution is 2.22. The number of nitrogens with zero attached hydrogens (tertiary/aromatic N) is 1. The van der Waals surface area contributed by atoms with Crippen LogP contribution >= 0.6 is 0 Å². The van der Waals surface area contributed by atoms with Gasteiger partial charge in [0.05, 0.1) is 0 Å². The van der Waals surface area contributed by atoms with E-state index in [1.54, 1.807) is 0 Å². The van der Waals surface area contributed by atoms with Crippen LogP contribution in [-0.2, 0) is 0 Å². The van der Waals surface area contributed by atoms with E-state index in [4.69, 9.17) is 0 Å². The first-order valence-corrected chi connectivity index (χ1v) is 4.27. The SMILES string of the molecule is CN(C)CC1[CH]CCCC1. The van der Waals surface area contributed by atoms with Crippen molar-refractivity contribution in [2.45, 2.75) is 25.7 Å². The Bertz CT molecular complexity index is 82.7. The molecule has 1 atom stereocenters. The van der Waals surface area contributed by atoms with E-state index in [1.807, 2.05) is 0 Å². The van der Waals surface area contributed by atoms with Crippen LogP contribution in [0.2, 0.25) is 0 Å². The summed E-state index contributed by atoms with van der Waals surface area (Å²) in [4.78, 5) is 2.28. The van der Waals surface area contributed by atoms with Gasteiger partial charge in [-0.3, -0.25) is 0 Å². The highest BCUT2D eigenvalue weighted by atomic mass is 15.1. The quantitative estimate of drug-likeness (QED) is 0.566. The molecule has 0 bridgehead atoms. The molecule has 1 heteroatoms. The summed E-state index contributed by atoms with van der Waals surface area (Å²) >= 11 is 0. The molecule has 0 spiro atoms. The van der Waals surface area contributed by atoms with E-state index in [2.05, 4.69) is 25.4 Å². The topological polar surface area (TPSA) is 3.24 Å². The van der Waals surface area contributed by atoms with Gasteiger partial charge in [0.15, 0.2) is 0 Å². The monoisotopic (exact) mass is 140 g/mol. The molecule has 1 saturated carbocycles. The Labute approximate surface area is 64.4 Å². The summed E-state index contributed by atoms with van der Waals surface area (Å²) in [7, 11) is 4.31. The van der Waals surface area contributed by atoms with Crippen molar-refractivity contribution in [3.8, 4) is 0 Å². The fraction of sp³-hybridized carbons (Fsp3) is 0.889. The summed E-state index contributed by atoms with van der Waals surface area (Å²) in [5, 5.41) is 0. The average Bonchev–Trinajstić information content (AvgIpc) is 1.88. The van der Waals surface area contributed by atoms with Crippen LogP contribution in [0.25, 0.3) is 0 Å². The highest BCUT2D eigenvalue weighted by molar-refractivity contribution is 4.82. The number of hydrogen-bond donors (Lipinski definition) is 0. The van der Waals surface area contributed by atoms with E-state index in [1.165, 1.54) is 32.2 Å². The van der Waals surface area contributed by atoms with Gasteiger partial charge in [-0.1, -0.05) is 12.8 Å². The maximum Gasteiger partial charge on any atom is 0.000631 e. The molecule has 0 heterocycles. The first-order chi connectivity index (χ1) is 4.79. The van der Waals surface area contributed by atoms with Gasteiger partial charge >= 0.3 is 0 Å². The molecule has 59 valence electrons. The molecule has 1 rings (SSSR count). The molecule has 1 radical (unpaired) electrons. The van der Waals surface area contributed by atoms with Gasteiger partial charge in [-0.25, -0.2) is 0 Å². The Hall–Kier alpha value is -0.0400. The average molecular weight is 140 g/mol. The molecule has 1 fully saturated rings. The Kier molecular flexibility index (Phi) is 3.20. The Balaban J connectivity index is 2.13. The van der Waals surface area contributed by atoms with Crippen molar-refractivity contribution in [3.05, 3.63) is 6.42 Å². The summed E-state index contributed by atoms with van der Waals surface area (Å²) in [6.45, 7) is 1.25. The second kappa shape index (κ2) is 3.97. The van der Waals surface area contributed by atoms with E-state index >= 15 is 0 Å². The maximum absolute atomic E-state index is 2.49. The Morgan fingerprint density at radius 2 is 2.20 bits per heavy atom. The minimum atomic E-state index is 0.878. The third-order valence-corrected chi connectivity index (χ3v) is 2.13. The first-order valence-electron chi connectivity index (χ1n) is 4.27. The van der Waals surface area contributed by atoms with E-state index in [0.717, 1.165) is 5.92 Å². The molecule has 1 nitrogen and oxygen atoms in total. The molecular formula is C9H18N. The van der Waals surface area contributed by atoms with Gasteiger partial charge in [-0.15, -0.1) is 0 Å². The van der Waals surface area contributed by atoms with E-state index < -0.39 is 0 Å². The summed E-state index contributed by atoms with van der Waals surface area (Å²) in [5.74, 6) is 0.878. The normalized spacial score (nSPS) is 21.9. The fourth-order valence-corrected chi connectivity index (χ4v) is 1.66. The van der Waals surface area contributed by atoms with Crippen LogP contribution in [0.3, 0.4) is 0 Å². The summed E-state index contributed by atoms with van der Waals surface area (Å²) < 4.78 is 0. The summed E-state index contributed by atoms with van der Waals surface area (Å²) in [5.41, 5.74) is 0. The van der Waals surface area contributed by atoms with Crippen molar-refractivity contribution in [3.63, 3.8) is 0 Å². The summed E-state index contributed by atoms with van der Waals surface area (Å²) in [6, 6.07) is 0. The third kappa shape index (κ3) is 2.70. The molecule has 0 amide bonds. The van der Waals surface area contributed by atoms with Crippen LogP contribution in [-0.4, -0.2) is 25.5 Å². The van der Waals surface area contributed by atoms with Crippen molar-refractivity contribution in [1.82, 2.24) is 4.90 Å². The van der Waals surface area contributed by atoms with Crippen LogP contribution in [0.1, 0.15) is 25.7 Å². The van der Waals surface area contributed by atoms with Crippen molar-refractivity contribution in [2.75, 3.05) is 20.6 Å². The number of hydrogen-bond acceptors (Lipinski definition) is 1. The lowest BCUT2D eigenvalue weighted by atomic mass is 9.89. The van der Waals surface area contributed by atoms with Crippen LogP contribution in [0.4, 0.5) is 0 Å². The highest BCUT2D eigenvalue weighted by Gasteiger charge is 2.13. The zero-order valence-electron chi connectivity index (χ0n) is 7.14. The zero-order chi connectivity index (χ0) is 7.40. The fourth-order valence-electron chi connectivity index (χ4n) is 1.66. The molecular weight excluding hydrogens is 122 g/mol. The molecule has 0 aromatic carbocycles. The minimum absolute atomic E-state index is 0.878. The summed E-state index contributed by atoms with van der Waals surface area (Å²) in [6.07, 6.45) is 8.11. The lowest BCUT2D eigenvalue weighted by Crippen LogP contribution is -2.23. The van der Waals surface area contributed by atoms with Gasteiger partial charge in [-0.05, 0) is 39.3 Å². The van der Waals surface area contributed by atoms with Crippen LogP contribution in [0, 0.1) is 12.3 Å². The molecule has 0 N–H and O–H groups in total. The van der Waals surface area contributed by atoms with Crippen LogP contribution in [0.15, 0.2) is 0 Å². The smallest absolute Gasteiger partial charge is 0.000631 e. The second-order valence-electron chi connectivity index (χ2n) is 3.54. The third-order valence-electron chi connectivity index (χ3n) is 2.13. The molecule has 0 aliphatic heterocycles. The largest absolute Gasteiger partial charge is 0.309 e. The van der Waals surface area contributed by atoms with Gasteiger partial charge in [0.2, 0.25) is 0 Å². The van der Waals surface area contributed by atoms with Crippen molar-refractivity contribution >= 4 is 0 Å². The Morgan fingerprint density at radius 3 is 2.70 bits per heavy atom. The number of rotatable bonds is 2. The van der Waals surface area contributed by atoms with Gasteiger partial charge < -0.3 is 4.90 Å². The molecule has 0 aromatic heterocycles. The van der Waals surface area contributed by atoms with Crippen molar-refractivity contribution in [1.29, 1.82) is 0 Å². The molecule has 1 aliphatic carbocycles. The second-order valence-corrected chi connectivity index (χ2v) is 3.54. The van der Waals surface area contributed by atoms with Crippen LogP contribution in [0.5, 0.6) is 0 Å². The van der Waals surface area contributed by atoms with Crippen molar-refractivity contribution < 1.29 is 0 Å². The van der Waals surface area contributed by atoms with E-state index in [0.29, 0.717) is 0 Å². The molecule has 10 heavy (non-hydrogen) atoms. The van der Waals surface area contributed by atoms with Gasteiger partial charge in [0.1, 0.15) is 0 Å². The van der Waals surface area contributed by atoms with E-state index in [9.17, 15) is 0 Å². The first kappa shape index (κ1) is 8.06. The van der Waals surface area contributed by atoms with Crippen molar-refractivity contribution in [2.24, 2.45) is 5.92 Å². The van der Waals surface area contributed by atoms with E-state index in [-0.39, 0.29) is 0 Å².